The molecule has 0 aromatic carbocycles. The quantitative estimate of drug-likeness (QED) is 0.630. The molecule has 1 heterocycles. The van der Waals surface area contributed by atoms with Gasteiger partial charge in [-0.1, -0.05) is 6.92 Å². The fraction of sp³-hybridized carbons (Fsp3) is 0.733. The first-order chi connectivity index (χ1) is 10.2. The Bertz CT molecular complexity index is 401. The van der Waals surface area contributed by atoms with Gasteiger partial charge in [0, 0.05) is 53.5 Å². The van der Waals surface area contributed by atoms with Gasteiger partial charge >= 0.3 is 0 Å². The van der Waals surface area contributed by atoms with Crippen LogP contribution in [-0.4, -0.2) is 57.5 Å². The molecule has 0 spiro atoms. The summed E-state index contributed by atoms with van der Waals surface area (Å²) in [4.78, 5) is 11.4. The number of hydrogen-bond donors (Lipinski definition) is 1. The van der Waals surface area contributed by atoms with E-state index < -0.39 is 0 Å². The smallest absolute Gasteiger partial charge is 0.134 e. The summed E-state index contributed by atoms with van der Waals surface area (Å²) in [6.45, 7) is 5.26. The van der Waals surface area contributed by atoms with Crippen LogP contribution in [-0.2, 0) is 15.9 Å². The molecule has 0 radical (unpaired) electrons. The van der Waals surface area contributed by atoms with Crippen molar-refractivity contribution in [3.8, 4) is 0 Å². The molecule has 21 heavy (non-hydrogen) atoms. The Labute approximate surface area is 127 Å². The van der Waals surface area contributed by atoms with Crippen molar-refractivity contribution in [1.82, 2.24) is 9.97 Å². The number of methoxy groups -OCH3 is 2. The third kappa shape index (κ3) is 6.27. The second-order valence-electron chi connectivity index (χ2n) is 4.85. The molecular weight excluding hydrogens is 268 g/mol. The van der Waals surface area contributed by atoms with Crippen LogP contribution < -0.4 is 10.2 Å². The first-order valence-electron chi connectivity index (χ1n) is 7.53. The van der Waals surface area contributed by atoms with E-state index in [9.17, 15) is 0 Å². The number of anilines is 2. The molecule has 0 atom stereocenters. The summed E-state index contributed by atoms with van der Waals surface area (Å²) in [5.41, 5.74) is 0. The van der Waals surface area contributed by atoms with Crippen LogP contribution >= 0.6 is 0 Å². The zero-order chi connectivity index (χ0) is 15.5. The van der Waals surface area contributed by atoms with E-state index >= 15 is 0 Å². The molecule has 1 rings (SSSR count). The first-order valence-corrected chi connectivity index (χ1v) is 7.53. The SMILES string of the molecule is CCCc1nc(NC)cc(N(CCCOC)CCOC)n1. The average Bonchev–Trinajstić information content (AvgIpc) is 2.50. The summed E-state index contributed by atoms with van der Waals surface area (Å²) in [6.07, 6.45) is 2.88. The van der Waals surface area contributed by atoms with Gasteiger partial charge in [-0.2, -0.15) is 0 Å². The lowest BCUT2D eigenvalue weighted by molar-refractivity contribution is 0.191. The van der Waals surface area contributed by atoms with Crippen molar-refractivity contribution < 1.29 is 9.47 Å². The standard InChI is InChI=1S/C15H28N4O2/c1-5-7-13-17-14(16-2)12-15(18-13)19(9-11-21-4)8-6-10-20-3/h12H,5-11H2,1-4H3,(H,16,17,18). The molecule has 0 saturated heterocycles. The van der Waals surface area contributed by atoms with E-state index in [2.05, 4.69) is 27.1 Å². The molecule has 0 unspecified atom stereocenters. The molecule has 1 aromatic heterocycles. The number of hydrogen-bond acceptors (Lipinski definition) is 6. The Morgan fingerprint density at radius 2 is 1.90 bits per heavy atom. The highest BCUT2D eigenvalue weighted by Gasteiger charge is 2.11. The predicted octanol–water partition coefficient (Wildman–Crippen LogP) is 1.96. The minimum absolute atomic E-state index is 0.676. The van der Waals surface area contributed by atoms with Crippen LogP contribution in [0.15, 0.2) is 6.07 Å². The van der Waals surface area contributed by atoms with E-state index in [1.807, 2.05) is 13.1 Å². The van der Waals surface area contributed by atoms with Gasteiger partial charge in [0.05, 0.1) is 6.61 Å². The Morgan fingerprint density at radius 1 is 1.14 bits per heavy atom. The molecule has 6 nitrogen and oxygen atoms in total. The molecular formula is C15H28N4O2. The Hall–Kier alpha value is -1.40. The molecule has 1 N–H and O–H groups in total. The minimum atomic E-state index is 0.676. The van der Waals surface area contributed by atoms with E-state index in [4.69, 9.17) is 9.47 Å². The van der Waals surface area contributed by atoms with Gasteiger partial charge in [-0.3, -0.25) is 0 Å². The zero-order valence-corrected chi connectivity index (χ0v) is 13.7. The van der Waals surface area contributed by atoms with E-state index in [1.54, 1.807) is 14.2 Å². The molecule has 0 aliphatic heterocycles. The normalized spacial score (nSPS) is 10.7. The summed E-state index contributed by atoms with van der Waals surface area (Å²) < 4.78 is 10.3. The van der Waals surface area contributed by atoms with Crippen LogP contribution in [0.1, 0.15) is 25.6 Å². The first kappa shape index (κ1) is 17.7. The van der Waals surface area contributed by atoms with Gasteiger partial charge in [0.2, 0.25) is 0 Å². The highest BCUT2D eigenvalue weighted by molar-refractivity contribution is 5.49. The zero-order valence-electron chi connectivity index (χ0n) is 13.7. The van der Waals surface area contributed by atoms with Gasteiger partial charge in [-0.15, -0.1) is 0 Å². The molecule has 0 saturated carbocycles. The molecule has 0 amide bonds. The van der Waals surface area contributed by atoms with E-state index in [1.165, 1.54) is 0 Å². The minimum Gasteiger partial charge on any atom is -0.385 e. The molecule has 6 heteroatoms. The van der Waals surface area contributed by atoms with E-state index in [-0.39, 0.29) is 0 Å². The molecule has 120 valence electrons. The van der Waals surface area contributed by atoms with Crippen molar-refractivity contribution >= 4 is 11.6 Å². The summed E-state index contributed by atoms with van der Waals surface area (Å²) in [7, 11) is 5.32. The lowest BCUT2D eigenvalue weighted by atomic mass is 10.3. The van der Waals surface area contributed by atoms with Crippen molar-refractivity contribution in [2.24, 2.45) is 0 Å². The molecule has 0 bridgehead atoms. The number of nitrogens with one attached hydrogen (secondary N) is 1. The third-order valence-corrected chi connectivity index (χ3v) is 3.15. The maximum atomic E-state index is 5.20. The van der Waals surface area contributed by atoms with Crippen LogP contribution in [0, 0.1) is 0 Å². The maximum Gasteiger partial charge on any atom is 0.134 e. The maximum absolute atomic E-state index is 5.20. The second-order valence-corrected chi connectivity index (χ2v) is 4.85. The van der Waals surface area contributed by atoms with Gasteiger partial charge in [-0.25, -0.2) is 9.97 Å². The largest absolute Gasteiger partial charge is 0.385 e. The van der Waals surface area contributed by atoms with Crippen molar-refractivity contribution in [3.05, 3.63) is 11.9 Å². The number of nitrogens with zero attached hydrogens (tertiary/aromatic N) is 3. The molecule has 0 fully saturated rings. The number of aromatic nitrogens is 2. The monoisotopic (exact) mass is 296 g/mol. The Kier molecular flexibility index (Phi) is 8.69. The fourth-order valence-corrected chi connectivity index (χ4v) is 2.05. The van der Waals surface area contributed by atoms with Gasteiger partial charge in [0.1, 0.15) is 17.5 Å². The lowest BCUT2D eigenvalue weighted by Crippen LogP contribution is -2.30. The van der Waals surface area contributed by atoms with Crippen LogP contribution in [0.25, 0.3) is 0 Å². The lowest BCUT2D eigenvalue weighted by Gasteiger charge is -2.24. The molecule has 0 aliphatic carbocycles. The number of ether oxygens (including phenoxy) is 2. The highest BCUT2D eigenvalue weighted by atomic mass is 16.5. The van der Waals surface area contributed by atoms with Crippen LogP contribution in [0.2, 0.25) is 0 Å². The Balaban J connectivity index is 2.89. The average molecular weight is 296 g/mol. The van der Waals surface area contributed by atoms with Crippen molar-refractivity contribution in [3.63, 3.8) is 0 Å². The van der Waals surface area contributed by atoms with Crippen molar-refractivity contribution in [2.75, 3.05) is 57.8 Å². The topological polar surface area (TPSA) is 59.5 Å². The van der Waals surface area contributed by atoms with Gasteiger partial charge in [-0.05, 0) is 12.8 Å². The third-order valence-electron chi connectivity index (χ3n) is 3.15. The fourth-order valence-electron chi connectivity index (χ4n) is 2.05. The summed E-state index contributed by atoms with van der Waals surface area (Å²) in [5, 5.41) is 3.11. The van der Waals surface area contributed by atoms with E-state index in [0.29, 0.717) is 6.61 Å². The number of rotatable bonds is 11. The second kappa shape index (κ2) is 10.3. The van der Waals surface area contributed by atoms with Crippen LogP contribution in [0.3, 0.4) is 0 Å². The highest BCUT2D eigenvalue weighted by Crippen LogP contribution is 2.17. The van der Waals surface area contributed by atoms with Gasteiger partial charge in [0.15, 0.2) is 0 Å². The predicted molar refractivity (Wildman–Crippen MR) is 86.2 cm³/mol. The van der Waals surface area contributed by atoms with Crippen molar-refractivity contribution in [1.29, 1.82) is 0 Å². The summed E-state index contributed by atoms with van der Waals surface area (Å²) in [6, 6.07) is 1.99. The summed E-state index contributed by atoms with van der Waals surface area (Å²) in [5.74, 6) is 2.69. The molecule has 1 aromatic rings. The number of aryl methyl sites for hydroxylation is 1. The van der Waals surface area contributed by atoms with Crippen molar-refractivity contribution in [2.45, 2.75) is 26.2 Å². The van der Waals surface area contributed by atoms with E-state index in [0.717, 1.165) is 56.4 Å². The summed E-state index contributed by atoms with van der Waals surface area (Å²) >= 11 is 0. The van der Waals surface area contributed by atoms with Gasteiger partial charge < -0.3 is 19.7 Å². The molecule has 0 aliphatic rings. The Morgan fingerprint density at radius 3 is 2.52 bits per heavy atom. The van der Waals surface area contributed by atoms with Crippen LogP contribution in [0.4, 0.5) is 11.6 Å². The van der Waals surface area contributed by atoms with Gasteiger partial charge in [0.25, 0.3) is 0 Å². The van der Waals surface area contributed by atoms with Crippen LogP contribution in [0.5, 0.6) is 0 Å².